The van der Waals surface area contributed by atoms with Crippen LogP contribution in [0.25, 0.3) is 78.0 Å². The number of nitrogens with one attached hydrogen (secondary N) is 2. The van der Waals surface area contributed by atoms with E-state index in [1.165, 1.54) is 0 Å². The molecule has 7 nitrogen and oxygen atoms in total. The number of furan rings is 1. The van der Waals surface area contributed by atoms with Gasteiger partial charge in [-0.25, -0.2) is 15.0 Å². The molecule has 0 atom stereocenters. The highest BCUT2D eigenvalue weighted by Crippen LogP contribution is 2.36. The van der Waals surface area contributed by atoms with Gasteiger partial charge in [0, 0.05) is 62.4 Å². The summed E-state index contributed by atoms with van der Waals surface area (Å²) in [6.07, 6.45) is 3.52. The Bertz CT molecular complexity index is 3010. The second kappa shape index (κ2) is 13.9. The molecule has 0 radical (unpaired) electrons. The lowest BCUT2D eigenvalue weighted by molar-refractivity contribution is 0.669. The van der Waals surface area contributed by atoms with E-state index in [0.29, 0.717) is 23.2 Å². The van der Waals surface area contributed by atoms with Crippen LogP contribution in [0, 0.1) is 5.41 Å². The van der Waals surface area contributed by atoms with Gasteiger partial charge in [0.15, 0.2) is 17.5 Å². The van der Waals surface area contributed by atoms with Crippen molar-refractivity contribution in [2.75, 3.05) is 5.32 Å². The minimum absolute atomic E-state index is 0.432. The first-order valence-corrected chi connectivity index (χ1v) is 18.4. The standard InChI is InChI=1S/C49H32N6O/c50-46(45-39-17-8-7-10-31(39)18-21-42(45)52-38-24-26-51-27-25-38)36-16-9-15-34(28-36)35-19-22-43-40(29-35)41-30-37(20-23-44(41)56-43)49-54-47(32-11-3-1-4-12-32)53-48(55-49)33-13-5-2-6-14-33/h1-30,50H,(H,51,52). The fourth-order valence-corrected chi connectivity index (χ4v) is 7.27. The van der Waals surface area contributed by atoms with Crippen LogP contribution < -0.4 is 5.32 Å². The van der Waals surface area contributed by atoms with Crippen LogP contribution in [0.2, 0.25) is 0 Å². The molecule has 7 aromatic carbocycles. The van der Waals surface area contributed by atoms with Crippen LogP contribution in [0.5, 0.6) is 0 Å². The Morgan fingerprint density at radius 1 is 0.464 bits per heavy atom. The van der Waals surface area contributed by atoms with Crippen LogP contribution in [-0.4, -0.2) is 25.6 Å². The lowest BCUT2D eigenvalue weighted by Crippen LogP contribution is -2.07. The van der Waals surface area contributed by atoms with Gasteiger partial charge >= 0.3 is 0 Å². The number of benzene rings is 7. The molecule has 0 fully saturated rings. The summed E-state index contributed by atoms with van der Waals surface area (Å²) in [4.78, 5) is 18.9. The van der Waals surface area contributed by atoms with Crippen molar-refractivity contribution in [2.45, 2.75) is 0 Å². The Balaban J connectivity index is 1.05. The molecule has 0 saturated carbocycles. The smallest absolute Gasteiger partial charge is 0.164 e. The highest BCUT2D eigenvalue weighted by molar-refractivity contribution is 6.22. The van der Waals surface area contributed by atoms with Crippen LogP contribution in [-0.2, 0) is 0 Å². The summed E-state index contributed by atoms with van der Waals surface area (Å²) in [6.45, 7) is 0. The minimum Gasteiger partial charge on any atom is -0.456 e. The molecule has 0 aliphatic heterocycles. The van der Waals surface area contributed by atoms with Crippen LogP contribution in [0.3, 0.4) is 0 Å². The van der Waals surface area contributed by atoms with Gasteiger partial charge < -0.3 is 9.73 Å². The van der Waals surface area contributed by atoms with Crippen molar-refractivity contribution >= 4 is 49.8 Å². The Hall–Kier alpha value is -7.77. The van der Waals surface area contributed by atoms with E-state index < -0.39 is 0 Å². The Kier molecular flexibility index (Phi) is 8.15. The first-order chi connectivity index (χ1) is 27.6. The summed E-state index contributed by atoms with van der Waals surface area (Å²) < 4.78 is 6.34. The fourth-order valence-electron chi connectivity index (χ4n) is 7.27. The highest BCUT2D eigenvalue weighted by atomic mass is 16.3. The molecule has 10 rings (SSSR count). The average Bonchev–Trinajstić information content (AvgIpc) is 3.64. The van der Waals surface area contributed by atoms with Gasteiger partial charge in [-0.3, -0.25) is 10.4 Å². The first kappa shape index (κ1) is 32.8. The van der Waals surface area contributed by atoms with E-state index in [2.05, 4.69) is 58.8 Å². The molecule has 0 amide bonds. The largest absolute Gasteiger partial charge is 0.456 e. The topological polar surface area (TPSA) is 101 Å². The third kappa shape index (κ3) is 6.13. The van der Waals surface area contributed by atoms with E-state index in [9.17, 15) is 5.41 Å². The first-order valence-electron chi connectivity index (χ1n) is 18.4. The van der Waals surface area contributed by atoms with Crippen LogP contribution in [0.15, 0.2) is 187 Å². The summed E-state index contributed by atoms with van der Waals surface area (Å²) in [5, 5.41) is 17.2. The van der Waals surface area contributed by atoms with E-state index in [0.717, 1.165) is 83.0 Å². The molecule has 10 aromatic rings. The second-order valence-corrected chi connectivity index (χ2v) is 13.6. The van der Waals surface area contributed by atoms with Gasteiger partial charge in [0.05, 0.1) is 5.71 Å². The highest BCUT2D eigenvalue weighted by Gasteiger charge is 2.18. The number of hydrogen-bond acceptors (Lipinski definition) is 7. The van der Waals surface area contributed by atoms with Crippen LogP contribution >= 0.6 is 0 Å². The van der Waals surface area contributed by atoms with Crippen molar-refractivity contribution in [3.63, 3.8) is 0 Å². The van der Waals surface area contributed by atoms with Crippen molar-refractivity contribution in [2.24, 2.45) is 0 Å². The monoisotopic (exact) mass is 720 g/mol. The number of anilines is 2. The van der Waals surface area contributed by atoms with E-state index in [-0.39, 0.29) is 0 Å². The third-order valence-corrected chi connectivity index (χ3v) is 10.0. The summed E-state index contributed by atoms with van der Waals surface area (Å²) in [5.41, 5.74) is 10.1. The van der Waals surface area contributed by atoms with Gasteiger partial charge in [-0.15, -0.1) is 0 Å². The van der Waals surface area contributed by atoms with Crippen molar-refractivity contribution < 1.29 is 4.42 Å². The van der Waals surface area contributed by atoms with Crippen molar-refractivity contribution in [3.8, 4) is 45.3 Å². The molecule has 56 heavy (non-hydrogen) atoms. The normalized spacial score (nSPS) is 11.3. The number of hydrogen-bond donors (Lipinski definition) is 2. The molecule has 0 unspecified atom stereocenters. The number of aromatic nitrogens is 4. The molecule has 3 aromatic heterocycles. The summed E-state index contributed by atoms with van der Waals surface area (Å²) in [5.74, 6) is 1.81. The van der Waals surface area contributed by atoms with Gasteiger partial charge in [0.2, 0.25) is 0 Å². The number of rotatable bonds is 8. The second-order valence-electron chi connectivity index (χ2n) is 13.6. The molecule has 7 heteroatoms. The molecular formula is C49H32N6O. The minimum atomic E-state index is 0.432. The zero-order valence-electron chi connectivity index (χ0n) is 30.0. The lowest BCUT2D eigenvalue weighted by Gasteiger charge is -2.17. The Labute approximate surface area is 322 Å². The molecule has 264 valence electrons. The summed E-state index contributed by atoms with van der Waals surface area (Å²) >= 11 is 0. The lowest BCUT2D eigenvalue weighted by atomic mass is 9.92. The maximum Gasteiger partial charge on any atom is 0.164 e. The maximum atomic E-state index is 9.59. The van der Waals surface area contributed by atoms with Crippen molar-refractivity contribution in [3.05, 3.63) is 193 Å². The predicted octanol–water partition coefficient (Wildman–Crippen LogP) is 12.1. The molecule has 0 saturated heterocycles. The molecule has 0 aliphatic carbocycles. The van der Waals surface area contributed by atoms with Crippen LogP contribution in [0.4, 0.5) is 11.4 Å². The molecular weight excluding hydrogens is 689 g/mol. The quantitative estimate of drug-likeness (QED) is 0.152. The zero-order valence-corrected chi connectivity index (χ0v) is 30.0. The maximum absolute atomic E-state index is 9.59. The number of nitrogens with zero attached hydrogens (tertiary/aromatic N) is 4. The summed E-state index contributed by atoms with van der Waals surface area (Å²) in [6, 6.07) is 56.7. The van der Waals surface area contributed by atoms with Gasteiger partial charge in [0.1, 0.15) is 11.2 Å². The predicted molar refractivity (Wildman–Crippen MR) is 226 cm³/mol. The molecule has 0 bridgehead atoms. The Morgan fingerprint density at radius 3 is 1.73 bits per heavy atom. The number of fused-ring (bicyclic) bond motifs is 4. The molecule has 3 heterocycles. The Morgan fingerprint density at radius 2 is 1.04 bits per heavy atom. The van der Waals surface area contributed by atoms with Gasteiger partial charge in [-0.1, -0.05) is 115 Å². The average molecular weight is 721 g/mol. The van der Waals surface area contributed by atoms with Crippen molar-refractivity contribution in [1.29, 1.82) is 5.41 Å². The molecule has 0 aliphatic rings. The van der Waals surface area contributed by atoms with Crippen molar-refractivity contribution in [1.82, 2.24) is 19.9 Å². The SMILES string of the molecule is N=C(c1cccc(-c2ccc3oc4ccc(-c5nc(-c6ccccc6)nc(-c6ccccc6)n5)cc4c3c2)c1)c1c(Nc2ccncc2)ccc2ccccc12. The van der Waals surface area contributed by atoms with E-state index in [1.807, 2.05) is 121 Å². The van der Waals surface area contributed by atoms with Gasteiger partial charge in [-0.2, -0.15) is 0 Å². The number of pyridine rings is 1. The van der Waals surface area contributed by atoms with Crippen LogP contribution in [0.1, 0.15) is 11.1 Å². The molecule has 2 N–H and O–H groups in total. The van der Waals surface area contributed by atoms with E-state index in [4.69, 9.17) is 19.4 Å². The van der Waals surface area contributed by atoms with E-state index in [1.54, 1.807) is 12.4 Å². The fraction of sp³-hybridized carbons (Fsp3) is 0. The van der Waals surface area contributed by atoms with E-state index >= 15 is 0 Å². The van der Waals surface area contributed by atoms with Gasteiger partial charge in [0.25, 0.3) is 0 Å². The third-order valence-electron chi connectivity index (χ3n) is 10.0. The molecule has 0 spiro atoms. The van der Waals surface area contributed by atoms with Gasteiger partial charge in [-0.05, 0) is 76.5 Å². The zero-order chi connectivity index (χ0) is 37.4. The summed E-state index contributed by atoms with van der Waals surface area (Å²) in [7, 11) is 0.